The fraction of sp³-hybridized carbons (Fsp3) is 0.500. The first-order chi connectivity index (χ1) is 9.15. The molecule has 3 N–H and O–H groups in total. The summed E-state index contributed by atoms with van der Waals surface area (Å²) in [5.41, 5.74) is 6.01. The number of nitrogens with one attached hydrogen (secondary N) is 1. The lowest BCUT2D eigenvalue weighted by atomic mass is 10.2. The van der Waals surface area contributed by atoms with Crippen molar-refractivity contribution >= 4 is 27.7 Å². The van der Waals surface area contributed by atoms with E-state index in [2.05, 4.69) is 26.2 Å². The lowest BCUT2D eigenvalue weighted by molar-refractivity contribution is 0.0688. The highest BCUT2D eigenvalue weighted by Crippen LogP contribution is 2.15. The van der Waals surface area contributed by atoms with Gasteiger partial charge in [0.2, 0.25) is 0 Å². The Morgan fingerprint density at radius 2 is 2.26 bits per heavy atom. The molecule has 0 aromatic carbocycles. The molecule has 0 aliphatic heterocycles. The van der Waals surface area contributed by atoms with Crippen LogP contribution < -0.4 is 11.1 Å². The van der Waals surface area contributed by atoms with Crippen LogP contribution in [0.5, 0.6) is 0 Å². The highest BCUT2D eigenvalue weighted by Gasteiger charge is 2.10. The Kier molecular flexibility index (Phi) is 7.39. The second-order valence-corrected chi connectivity index (χ2v) is 4.72. The molecule has 1 aromatic heterocycles. The van der Waals surface area contributed by atoms with Crippen LogP contribution in [-0.4, -0.2) is 44.4 Å². The maximum absolute atomic E-state index is 11.8. The third-order valence-corrected chi connectivity index (χ3v) is 2.75. The monoisotopic (exact) mass is 331 g/mol. The number of nitrogens with zero attached hydrogens (tertiary/aromatic N) is 1. The van der Waals surface area contributed by atoms with Crippen LogP contribution in [0.2, 0.25) is 0 Å². The number of ether oxygens (including phenoxy) is 2. The van der Waals surface area contributed by atoms with Gasteiger partial charge in [0.25, 0.3) is 5.91 Å². The van der Waals surface area contributed by atoms with Gasteiger partial charge >= 0.3 is 0 Å². The quantitative estimate of drug-likeness (QED) is 0.699. The minimum absolute atomic E-state index is 0.219. The van der Waals surface area contributed by atoms with Crippen LogP contribution in [0.15, 0.2) is 16.7 Å². The van der Waals surface area contributed by atoms with Gasteiger partial charge in [0, 0.05) is 30.9 Å². The van der Waals surface area contributed by atoms with Crippen molar-refractivity contribution in [2.24, 2.45) is 0 Å². The van der Waals surface area contributed by atoms with E-state index < -0.39 is 0 Å². The van der Waals surface area contributed by atoms with Crippen molar-refractivity contribution in [3.05, 3.63) is 22.3 Å². The molecule has 0 fully saturated rings. The van der Waals surface area contributed by atoms with E-state index in [4.69, 9.17) is 15.2 Å². The standard InChI is InChI=1S/C12H18BrN3O3/c1-18-5-6-19-4-2-3-15-12(17)10-7-9(13)8-16-11(10)14/h7-8H,2-6H2,1H3,(H2,14,16)(H,15,17). The van der Waals surface area contributed by atoms with E-state index in [1.165, 1.54) is 0 Å². The molecule has 0 aliphatic carbocycles. The normalized spacial score (nSPS) is 10.4. The van der Waals surface area contributed by atoms with Gasteiger partial charge in [0.15, 0.2) is 0 Å². The number of methoxy groups -OCH3 is 1. The van der Waals surface area contributed by atoms with Gasteiger partial charge in [-0.3, -0.25) is 4.79 Å². The number of nitrogen functional groups attached to an aromatic ring is 1. The van der Waals surface area contributed by atoms with Crippen molar-refractivity contribution in [2.45, 2.75) is 6.42 Å². The van der Waals surface area contributed by atoms with Crippen LogP contribution in [0.3, 0.4) is 0 Å². The first-order valence-corrected chi connectivity index (χ1v) is 6.70. The number of carbonyl (C=O) groups excluding carboxylic acids is 1. The molecule has 0 unspecified atom stereocenters. The minimum Gasteiger partial charge on any atom is -0.383 e. The first kappa shape index (κ1) is 15.9. The van der Waals surface area contributed by atoms with Crippen LogP contribution in [0.1, 0.15) is 16.8 Å². The second kappa shape index (κ2) is 8.84. The summed E-state index contributed by atoms with van der Waals surface area (Å²) in [6, 6.07) is 1.65. The van der Waals surface area contributed by atoms with Crippen LogP contribution in [-0.2, 0) is 9.47 Å². The maximum Gasteiger partial charge on any atom is 0.255 e. The predicted molar refractivity (Wildman–Crippen MR) is 76.0 cm³/mol. The highest BCUT2D eigenvalue weighted by molar-refractivity contribution is 9.10. The van der Waals surface area contributed by atoms with E-state index in [1.54, 1.807) is 19.4 Å². The molecule has 1 aromatic rings. The molecule has 106 valence electrons. The second-order valence-electron chi connectivity index (χ2n) is 3.80. The predicted octanol–water partition coefficient (Wildman–Crippen LogP) is 1.21. The van der Waals surface area contributed by atoms with E-state index in [0.29, 0.717) is 31.9 Å². The Hall–Kier alpha value is -1.18. The van der Waals surface area contributed by atoms with Crippen molar-refractivity contribution < 1.29 is 14.3 Å². The molecule has 0 atom stereocenters. The zero-order valence-corrected chi connectivity index (χ0v) is 12.4. The molecule has 0 saturated heterocycles. The minimum atomic E-state index is -0.233. The number of nitrogens with two attached hydrogens (primary N) is 1. The SMILES string of the molecule is COCCOCCCNC(=O)c1cc(Br)cnc1N. The van der Waals surface area contributed by atoms with E-state index in [-0.39, 0.29) is 11.7 Å². The van der Waals surface area contributed by atoms with Crippen LogP contribution in [0.4, 0.5) is 5.82 Å². The van der Waals surface area contributed by atoms with Gasteiger partial charge in [0.05, 0.1) is 18.8 Å². The van der Waals surface area contributed by atoms with E-state index >= 15 is 0 Å². The molecule has 1 rings (SSSR count). The number of amides is 1. The van der Waals surface area contributed by atoms with Crippen molar-refractivity contribution in [3.8, 4) is 0 Å². The van der Waals surface area contributed by atoms with Crippen molar-refractivity contribution in [2.75, 3.05) is 39.2 Å². The first-order valence-electron chi connectivity index (χ1n) is 5.91. The van der Waals surface area contributed by atoms with Crippen molar-refractivity contribution in [1.82, 2.24) is 10.3 Å². The maximum atomic E-state index is 11.8. The van der Waals surface area contributed by atoms with Gasteiger partial charge in [-0.2, -0.15) is 0 Å². The summed E-state index contributed by atoms with van der Waals surface area (Å²) >= 11 is 3.25. The van der Waals surface area contributed by atoms with Gasteiger partial charge in [0.1, 0.15) is 5.82 Å². The molecule has 19 heavy (non-hydrogen) atoms. The Balaban J connectivity index is 2.26. The molecule has 0 saturated carbocycles. The van der Waals surface area contributed by atoms with Gasteiger partial charge in [-0.15, -0.1) is 0 Å². The lowest BCUT2D eigenvalue weighted by Crippen LogP contribution is -2.26. The summed E-state index contributed by atoms with van der Waals surface area (Å²) in [7, 11) is 1.63. The summed E-state index contributed by atoms with van der Waals surface area (Å²) in [4.78, 5) is 15.7. The Labute approximate surface area is 120 Å². The van der Waals surface area contributed by atoms with Crippen LogP contribution in [0.25, 0.3) is 0 Å². The summed E-state index contributed by atoms with van der Waals surface area (Å²) in [6.07, 6.45) is 2.28. The van der Waals surface area contributed by atoms with E-state index in [1.807, 2.05) is 0 Å². The largest absolute Gasteiger partial charge is 0.383 e. The van der Waals surface area contributed by atoms with Crippen molar-refractivity contribution in [1.29, 1.82) is 0 Å². The molecule has 1 amide bonds. The van der Waals surface area contributed by atoms with E-state index in [0.717, 1.165) is 10.9 Å². The molecule has 0 bridgehead atoms. The van der Waals surface area contributed by atoms with Gasteiger partial charge in [-0.05, 0) is 28.4 Å². The number of carbonyl (C=O) groups is 1. The number of aromatic nitrogens is 1. The number of pyridine rings is 1. The highest BCUT2D eigenvalue weighted by atomic mass is 79.9. The van der Waals surface area contributed by atoms with Crippen LogP contribution in [0, 0.1) is 0 Å². The van der Waals surface area contributed by atoms with Gasteiger partial charge < -0.3 is 20.5 Å². The molecule has 0 spiro atoms. The summed E-state index contributed by atoms with van der Waals surface area (Å²) in [5, 5.41) is 2.77. The van der Waals surface area contributed by atoms with Gasteiger partial charge in [-0.25, -0.2) is 4.98 Å². The third-order valence-electron chi connectivity index (χ3n) is 2.31. The summed E-state index contributed by atoms with van der Waals surface area (Å²) < 4.78 is 10.8. The fourth-order valence-corrected chi connectivity index (χ4v) is 1.68. The number of hydrogen-bond acceptors (Lipinski definition) is 5. The molecule has 1 heterocycles. The van der Waals surface area contributed by atoms with Crippen molar-refractivity contribution in [3.63, 3.8) is 0 Å². The molecule has 0 radical (unpaired) electrons. The topological polar surface area (TPSA) is 86.5 Å². The third kappa shape index (κ3) is 6.00. The van der Waals surface area contributed by atoms with Crippen LogP contribution >= 0.6 is 15.9 Å². The van der Waals surface area contributed by atoms with Gasteiger partial charge in [-0.1, -0.05) is 0 Å². The Bertz CT molecular complexity index is 415. The number of halogens is 1. The Morgan fingerprint density at radius 3 is 3.00 bits per heavy atom. The molecule has 6 nitrogen and oxygen atoms in total. The molecular weight excluding hydrogens is 314 g/mol. The zero-order valence-electron chi connectivity index (χ0n) is 10.8. The lowest BCUT2D eigenvalue weighted by Gasteiger charge is -2.07. The van der Waals surface area contributed by atoms with E-state index in [9.17, 15) is 4.79 Å². The summed E-state index contributed by atoms with van der Waals surface area (Å²) in [6.45, 7) is 2.24. The smallest absolute Gasteiger partial charge is 0.255 e. The Morgan fingerprint density at radius 1 is 1.47 bits per heavy atom. The summed E-state index contributed by atoms with van der Waals surface area (Å²) in [5.74, 6) is -0.0137. The average Bonchev–Trinajstić information content (AvgIpc) is 2.40. The molecular formula is C12H18BrN3O3. The average molecular weight is 332 g/mol. The molecule has 7 heteroatoms. The number of anilines is 1. The zero-order chi connectivity index (χ0) is 14.1. The number of rotatable bonds is 8. The fourth-order valence-electron chi connectivity index (χ4n) is 1.35. The number of hydrogen-bond donors (Lipinski definition) is 2. The molecule has 0 aliphatic rings.